The van der Waals surface area contributed by atoms with Crippen LogP contribution in [0.4, 0.5) is 0 Å². The summed E-state index contributed by atoms with van der Waals surface area (Å²) < 4.78 is 0. The van der Waals surface area contributed by atoms with Gasteiger partial charge in [-0.25, -0.2) is 0 Å². The van der Waals surface area contributed by atoms with Gasteiger partial charge in [0.05, 0.1) is 0 Å². The third-order valence-electron chi connectivity index (χ3n) is 2.20. The molecule has 0 heterocycles. The molecule has 0 N–H and O–H groups in total. The zero-order valence-electron chi connectivity index (χ0n) is 10.4. The second-order valence-electron chi connectivity index (χ2n) is 3.90. The summed E-state index contributed by atoms with van der Waals surface area (Å²) in [5, 5.41) is 0. The molecule has 5 heteroatoms. The summed E-state index contributed by atoms with van der Waals surface area (Å²) in [6, 6.07) is 11.5. The Morgan fingerprint density at radius 3 is 1.11 bits per heavy atom. The van der Waals surface area contributed by atoms with Gasteiger partial charge in [-0.15, -0.1) is 0 Å². The maximum absolute atomic E-state index is 4.94. The van der Waals surface area contributed by atoms with E-state index < -0.39 is 0 Å². The Morgan fingerprint density at radius 1 is 0.579 bits per heavy atom. The van der Waals surface area contributed by atoms with Gasteiger partial charge in [0.25, 0.3) is 0 Å². The summed E-state index contributed by atoms with van der Waals surface area (Å²) in [4.78, 5) is 3.11. The summed E-state index contributed by atoms with van der Waals surface area (Å²) in [5.74, 6) is 0. The average molecular weight is 367 g/mol. The van der Waals surface area contributed by atoms with Gasteiger partial charge in [0.2, 0.25) is 0 Å². The van der Waals surface area contributed by atoms with Gasteiger partial charge in [0.1, 0.15) is 0 Å². The molecule has 0 saturated heterocycles. The maximum atomic E-state index is 4.94. The zero-order valence-corrected chi connectivity index (χ0v) is 14.7. The van der Waals surface area contributed by atoms with Gasteiger partial charge in [-0.1, -0.05) is 47.5 Å². The van der Waals surface area contributed by atoms with Crippen molar-refractivity contribution in [1.82, 2.24) is 0 Å². The van der Waals surface area contributed by atoms with Crippen molar-refractivity contribution in [2.24, 2.45) is 0 Å². The first-order valence-electron chi connectivity index (χ1n) is 5.29. The molecule has 0 amide bonds. The molecule has 19 heavy (non-hydrogen) atoms. The molecule has 2 rings (SSSR count). The van der Waals surface area contributed by atoms with Crippen molar-refractivity contribution in [3.63, 3.8) is 0 Å². The van der Waals surface area contributed by atoms with Crippen LogP contribution in [0.5, 0.6) is 0 Å². The fourth-order valence-electron chi connectivity index (χ4n) is 1.23. The second kappa shape index (κ2) is 8.88. The third kappa shape index (κ3) is 6.69. The van der Waals surface area contributed by atoms with Gasteiger partial charge >= 0.3 is 0 Å². The van der Waals surface area contributed by atoms with E-state index >= 15 is 0 Å². The molecule has 0 radical (unpaired) electrons. The van der Waals surface area contributed by atoms with E-state index in [1.165, 1.54) is 11.1 Å². The van der Waals surface area contributed by atoms with E-state index in [4.69, 9.17) is 50.5 Å². The van der Waals surface area contributed by atoms with Crippen LogP contribution in [0.25, 0.3) is 0 Å². The Labute approximate surface area is 147 Å². The monoisotopic (exact) mass is 366 g/mol. The second-order valence-corrected chi connectivity index (χ2v) is 5.66. The summed E-state index contributed by atoms with van der Waals surface area (Å²) >= 11 is 19.7. The van der Waals surface area contributed by atoms with Gasteiger partial charge in [-0.05, 0) is 13.8 Å². The van der Waals surface area contributed by atoms with Crippen LogP contribution in [0.2, 0.25) is 0 Å². The molecular weight excluding hydrogens is 355 g/mol. The first kappa shape index (κ1) is 18.8. The van der Waals surface area contributed by atoms with Crippen LogP contribution in [0.3, 0.4) is 0 Å². The predicted molar refractivity (Wildman–Crippen MR) is 84.9 cm³/mol. The molecule has 0 saturated carbocycles. The summed E-state index contributed by atoms with van der Waals surface area (Å²) in [7, 11) is 0. The predicted octanol–water partition coefficient (Wildman–Crippen LogP) is 3.61. The first-order valence-corrected chi connectivity index (χ1v) is 6.93. The smallest absolute Gasteiger partial charge is 0 e. The van der Waals surface area contributed by atoms with E-state index in [2.05, 4.69) is 0 Å². The molecule has 0 aromatic heterocycles. The molecule has 2 aromatic carbocycles. The van der Waals surface area contributed by atoms with Gasteiger partial charge in [0, 0.05) is 16.5 Å². The quantitative estimate of drug-likeness (QED) is 0.515. The largest absolute Gasteiger partial charge is 0.781 e. The Bertz CT molecular complexity index is 491. The van der Waals surface area contributed by atoms with E-state index in [0.29, 0.717) is 0 Å². The Kier molecular flexibility index (Phi) is 8.79. The van der Waals surface area contributed by atoms with Crippen molar-refractivity contribution in [3.8, 4) is 0 Å². The van der Waals surface area contributed by atoms with Gasteiger partial charge < -0.3 is 50.5 Å². The van der Waals surface area contributed by atoms with Crippen molar-refractivity contribution in [1.29, 1.82) is 0 Å². The van der Waals surface area contributed by atoms with Gasteiger partial charge in [0.15, 0.2) is 0 Å². The molecule has 0 aliphatic rings. The average Bonchev–Trinajstić information content (AvgIpc) is 2.30. The van der Waals surface area contributed by atoms with Crippen molar-refractivity contribution < 1.29 is 16.5 Å². The van der Waals surface area contributed by atoms with E-state index in [0.717, 1.165) is 19.6 Å². The number of hydrogen-bond acceptors (Lipinski definition) is 4. The van der Waals surface area contributed by atoms with Crippen molar-refractivity contribution >= 4 is 50.5 Å². The first-order chi connectivity index (χ1) is 8.40. The molecule has 0 nitrogen and oxygen atoms in total. The molecule has 0 aliphatic heterocycles. The standard InChI is InChI=1S/2C7H8S2.Ni/c2*1-5-2-3-6(8)7(9)4-5;/h2*2-4,8-9H,1H3;/p-4. The fourth-order valence-corrected chi connectivity index (χ4v) is 1.99. The minimum absolute atomic E-state index is 0. The third-order valence-corrected chi connectivity index (χ3v) is 3.84. The Morgan fingerprint density at radius 2 is 0.895 bits per heavy atom. The molecule has 0 fully saturated rings. The molecule has 0 atom stereocenters. The molecule has 0 bridgehead atoms. The van der Waals surface area contributed by atoms with Crippen molar-refractivity contribution in [3.05, 3.63) is 47.5 Å². The molecule has 0 spiro atoms. The number of hydrogen-bond donors (Lipinski definition) is 0. The SMILES string of the molecule is Cc1ccc([S-])c([S-])c1.Cc1ccc([S-])c([S-])c1.[Ni]. The van der Waals surface area contributed by atoms with Gasteiger partial charge in [-0.3, -0.25) is 0 Å². The van der Waals surface area contributed by atoms with Gasteiger partial charge in [-0.2, -0.15) is 19.6 Å². The normalized spacial score (nSPS) is 8.95. The van der Waals surface area contributed by atoms with Crippen molar-refractivity contribution in [2.45, 2.75) is 33.4 Å². The van der Waals surface area contributed by atoms with E-state index in [1.54, 1.807) is 0 Å². The van der Waals surface area contributed by atoms with Crippen LogP contribution in [0, 0.1) is 13.8 Å². The molecule has 0 aliphatic carbocycles. The molecule has 106 valence electrons. The van der Waals surface area contributed by atoms with Crippen LogP contribution in [0.1, 0.15) is 11.1 Å². The van der Waals surface area contributed by atoms with E-state index in [9.17, 15) is 0 Å². The number of rotatable bonds is 0. The zero-order chi connectivity index (χ0) is 13.7. The summed E-state index contributed by atoms with van der Waals surface area (Å²) in [6.45, 7) is 4.01. The van der Waals surface area contributed by atoms with Crippen LogP contribution >= 0.6 is 0 Å². The Hall–Kier alpha value is -0.186. The molecule has 0 unspecified atom stereocenters. The topological polar surface area (TPSA) is 0 Å². The van der Waals surface area contributed by atoms with Crippen LogP contribution in [0.15, 0.2) is 56.0 Å². The molecule has 2 aromatic rings. The fraction of sp³-hybridized carbons (Fsp3) is 0.143. The van der Waals surface area contributed by atoms with Crippen LogP contribution in [-0.4, -0.2) is 0 Å². The minimum Gasteiger partial charge on any atom is -0.781 e. The number of aryl methyl sites for hydroxylation is 2. The van der Waals surface area contributed by atoms with E-state index in [-0.39, 0.29) is 16.5 Å². The summed E-state index contributed by atoms with van der Waals surface area (Å²) in [6.07, 6.45) is 0. The molecular formula is C14H12NiS4-4. The van der Waals surface area contributed by atoms with Crippen LogP contribution in [-0.2, 0) is 67.0 Å². The minimum atomic E-state index is 0. The van der Waals surface area contributed by atoms with Crippen LogP contribution < -0.4 is 0 Å². The summed E-state index contributed by atoms with van der Waals surface area (Å²) in [5.41, 5.74) is 2.35. The van der Waals surface area contributed by atoms with Crippen molar-refractivity contribution in [2.75, 3.05) is 0 Å². The van der Waals surface area contributed by atoms with E-state index in [1.807, 2.05) is 50.2 Å². The number of benzene rings is 2. The Balaban J connectivity index is 0.000000324. The maximum Gasteiger partial charge on any atom is 0 e.